The van der Waals surface area contributed by atoms with E-state index in [1.165, 1.54) is 12.3 Å². The van der Waals surface area contributed by atoms with Gasteiger partial charge in [0.1, 0.15) is 18.0 Å². The summed E-state index contributed by atoms with van der Waals surface area (Å²) in [6, 6.07) is 1.30. The maximum Gasteiger partial charge on any atom is 0.351 e. The third-order valence-corrected chi connectivity index (χ3v) is 3.52. The molecule has 0 aromatic carbocycles. The van der Waals surface area contributed by atoms with Crippen LogP contribution in [0.15, 0.2) is 17.1 Å². The van der Waals surface area contributed by atoms with Gasteiger partial charge in [0.15, 0.2) is 6.23 Å². The van der Waals surface area contributed by atoms with Crippen molar-refractivity contribution in [2.24, 2.45) is 0 Å². The highest BCUT2D eigenvalue weighted by atomic mass is 79.9. The van der Waals surface area contributed by atoms with E-state index in [1.54, 1.807) is 0 Å². The summed E-state index contributed by atoms with van der Waals surface area (Å²) >= 11 is 2.67. The summed E-state index contributed by atoms with van der Waals surface area (Å²) in [6.07, 6.45) is -2.98. The molecule has 2 rings (SSSR count). The van der Waals surface area contributed by atoms with Crippen LogP contribution in [0.25, 0.3) is 0 Å². The van der Waals surface area contributed by atoms with Gasteiger partial charge in [0.05, 0.1) is 6.61 Å². The molecule has 1 unspecified atom stereocenters. The van der Waals surface area contributed by atoms with Crippen LogP contribution in [-0.2, 0) is 4.74 Å². The molecule has 7 nitrogen and oxygen atoms in total. The predicted octanol–water partition coefficient (Wildman–Crippen LogP) is -0.863. The molecule has 4 atom stereocenters. The Balaban J connectivity index is 2.42. The molecule has 1 aliphatic heterocycles. The smallest absolute Gasteiger partial charge is 0.351 e. The van der Waals surface area contributed by atoms with Gasteiger partial charge in [-0.15, -0.1) is 0 Å². The fourth-order valence-corrected chi connectivity index (χ4v) is 2.35. The number of hydrogen-bond acceptors (Lipinski definition) is 6. The molecule has 1 saturated heterocycles. The van der Waals surface area contributed by atoms with E-state index in [-0.39, 0.29) is 5.82 Å². The number of nitrogen functional groups attached to an aromatic ring is 1. The minimum Gasteiger partial charge on any atom is -0.394 e. The monoisotopic (exact) mass is 323 g/mol. The van der Waals surface area contributed by atoms with Gasteiger partial charge in [-0.05, 0) is 22.0 Å². The summed E-state index contributed by atoms with van der Waals surface area (Å²) < 4.78 is 17.8. The molecular weight excluding hydrogens is 313 g/mol. The summed E-state index contributed by atoms with van der Waals surface area (Å²) in [4.78, 5) is 15.0. The summed E-state index contributed by atoms with van der Waals surface area (Å²) in [7, 11) is 0. The van der Waals surface area contributed by atoms with Gasteiger partial charge in [-0.25, -0.2) is 9.18 Å². The average molecular weight is 324 g/mol. The number of aliphatic hydroxyl groups is 2. The van der Waals surface area contributed by atoms with E-state index in [4.69, 9.17) is 15.6 Å². The van der Waals surface area contributed by atoms with Gasteiger partial charge in [-0.3, -0.25) is 4.57 Å². The van der Waals surface area contributed by atoms with E-state index in [2.05, 4.69) is 20.9 Å². The van der Waals surface area contributed by atoms with Gasteiger partial charge in [0.25, 0.3) is 0 Å². The Morgan fingerprint density at radius 1 is 1.72 bits per heavy atom. The van der Waals surface area contributed by atoms with Crippen LogP contribution in [0.1, 0.15) is 6.23 Å². The molecule has 1 fully saturated rings. The van der Waals surface area contributed by atoms with Crippen molar-refractivity contribution in [3.8, 4) is 0 Å². The summed E-state index contributed by atoms with van der Waals surface area (Å²) in [5.74, 6) is -0.00691. The molecule has 1 aliphatic rings. The van der Waals surface area contributed by atoms with Gasteiger partial charge in [0, 0.05) is 6.20 Å². The zero-order valence-electron chi connectivity index (χ0n) is 9.03. The Morgan fingerprint density at radius 2 is 2.39 bits per heavy atom. The number of halogens is 2. The molecule has 0 bridgehead atoms. The number of rotatable bonds is 2. The van der Waals surface area contributed by atoms with Crippen LogP contribution in [0, 0.1) is 0 Å². The zero-order chi connectivity index (χ0) is 13.5. The van der Waals surface area contributed by atoms with Gasteiger partial charge in [-0.2, -0.15) is 4.98 Å². The highest BCUT2D eigenvalue weighted by molar-refractivity contribution is 9.10. The second-order valence-corrected chi connectivity index (χ2v) is 5.09. The molecule has 2 heterocycles. The zero-order valence-corrected chi connectivity index (χ0v) is 10.6. The Labute approximate surface area is 109 Å². The summed E-state index contributed by atoms with van der Waals surface area (Å²) in [6.45, 7) is -0.577. The lowest BCUT2D eigenvalue weighted by atomic mass is 10.1. The molecular formula is C9H11BrFN3O4. The minimum absolute atomic E-state index is 0.00691. The normalized spacial score (nSPS) is 35.9. The number of ether oxygens (including phenoxy) is 1. The van der Waals surface area contributed by atoms with Crippen LogP contribution in [0.3, 0.4) is 0 Å². The van der Waals surface area contributed by atoms with Gasteiger partial charge < -0.3 is 20.7 Å². The first-order chi connectivity index (χ1) is 8.37. The molecule has 0 spiro atoms. The van der Waals surface area contributed by atoms with Crippen molar-refractivity contribution in [3.05, 3.63) is 22.7 Å². The molecule has 0 saturated carbocycles. The number of hydrogen-bond donors (Lipinski definition) is 3. The second-order valence-electron chi connectivity index (χ2n) is 3.87. The number of aromatic nitrogens is 2. The largest absolute Gasteiger partial charge is 0.394 e. The third kappa shape index (κ3) is 2.03. The third-order valence-electron chi connectivity index (χ3n) is 2.66. The summed E-state index contributed by atoms with van der Waals surface area (Å²) in [5, 5.41) is 18.6. The van der Waals surface area contributed by atoms with Crippen molar-refractivity contribution >= 4 is 21.7 Å². The van der Waals surface area contributed by atoms with E-state index in [1.807, 2.05) is 0 Å². The van der Waals surface area contributed by atoms with Crippen molar-refractivity contribution in [2.75, 3.05) is 12.3 Å². The molecule has 1 aromatic heterocycles. The fourth-order valence-electron chi connectivity index (χ4n) is 1.72. The van der Waals surface area contributed by atoms with Crippen LogP contribution in [-0.4, -0.2) is 43.2 Å². The first kappa shape index (κ1) is 13.4. The van der Waals surface area contributed by atoms with Crippen LogP contribution < -0.4 is 11.4 Å². The molecule has 0 amide bonds. The van der Waals surface area contributed by atoms with Gasteiger partial charge >= 0.3 is 5.69 Å². The molecule has 0 radical (unpaired) electrons. The maximum absolute atomic E-state index is 14.3. The minimum atomic E-state index is -2.40. The maximum atomic E-state index is 14.3. The first-order valence-electron chi connectivity index (χ1n) is 5.04. The Bertz CT molecular complexity index is 509. The van der Waals surface area contributed by atoms with E-state index in [0.29, 0.717) is 0 Å². The highest BCUT2D eigenvalue weighted by Gasteiger charge is 2.56. The Kier molecular flexibility index (Phi) is 3.41. The predicted molar refractivity (Wildman–Crippen MR) is 62.7 cm³/mol. The lowest BCUT2D eigenvalue weighted by Gasteiger charge is -2.22. The topological polar surface area (TPSA) is 111 Å². The molecule has 9 heteroatoms. The highest BCUT2D eigenvalue weighted by Crippen LogP contribution is 2.45. The van der Waals surface area contributed by atoms with E-state index in [0.717, 1.165) is 4.57 Å². The van der Waals surface area contributed by atoms with Crippen LogP contribution in [0.4, 0.5) is 10.2 Å². The standard InChI is InChI=1S/C9H11BrFN3O4/c10-9(11)6(16)4(3-15)18-7(9)14-2-1-5(12)13-8(14)17/h1-2,4,6-7,15-16H,3H2,(H2,12,13,17)/t4-,6?,7-,9+/m1/s1. The Hall–Kier alpha value is -1.03. The van der Waals surface area contributed by atoms with Crippen molar-refractivity contribution in [1.82, 2.24) is 9.55 Å². The van der Waals surface area contributed by atoms with Gasteiger partial charge in [-0.1, -0.05) is 0 Å². The van der Waals surface area contributed by atoms with Gasteiger partial charge in [0.2, 0.25) is 4.58 Å². The first-order valence-corrected chi connectivity index (χ1v) is 5.84. The summed E-state index contributed by atoms with van der Waals surface area (Å²) in [5.41, 5.74) is 4.50. The number of alkyl halides is 2. The number of nitrogens with zero attached hydrogens (tertiary/aromatic N) is 2. The Morgan fingerprint density at radius 3 is 2.89 bits per heavy atom. The lowest BCUT2D eigenvalue weighted by Crippen LogP contribution is -2.40. The number of nitrogens with two attached hydrogens (primary N) is 1. The quantitative estimate of drug-likeness (QED) is 0.611. The fraction of sp³-hybridized carbons (Fsp3) is 0.556. The lowest BCUT2D eigenvalue weighted by molar-refractivity contribution is -0.0506. The van der Waals surface area contributed by atoms with Crippen LogP contribution in [0.2, 0.25) is 0 Å². The number of aliphatic hydroxyl groups excluding tert-OH is 2. The van der Waals surface area contributed by atoms with Crippen LogP contribution >= 0.6 is 15.9 Å². The molecule has 0 aliphatic carbocycles. The average Bonchev–Trinajstić information content (AvgIpc) is 2.52. The van der Waals surface area contributed by atoms with Crippen molar-refractivity contribution in [3.63, 3.8) is 0 Å². The van der Waals surface area contributed by atoms with Crippen molar-refractivity contribution in [2.45, 2.75) is 23.0 Å². The SMILES string of the molecule is Nc1ccn([C@@H]2O[C@H](CO)C(O)[C@@]2(F)Br)c(=O)n1. The second kappa shape index (κ2) is 4.57. The molecule has 1 aromatic rings. The molecule has 18 heavy (non-hydrogen) atoms. The molecule has 4 N–H and O–H groups in total. The van der Waals surface area contributed by atoms with Crippen molar-refractivity contribution in [1.29, 1.82) is 0 Å². The van der Waals surface area contributed by atoms with E-state index < -0.39 is 35.3 Å². The van der Waals surface area contributed by atoms with E-state index >= 15 is 0 Å². The van der Waals surface area contributed by atoms with E-state index in [9.17, 15) is 14.3 Å². The number of anilines is 1. The molecule has 100 valence electrons. The van der Waals surface area contributed by atoms with Crippen molar-refractivity contribution < 1.29 is 19.3 Å². The van der Waals surface area contributed by atoms with Crippen LogP contribution in [0.5, 0.6) is 0 Å².